The van der Waals surface area contributed by atoms with Gasteiger partial charge in [-0.25, -0.2) is 0 Å². The van der Waals surface area contributed by atoms with Crippen LogP contribution in [-0.2, 0) is 11.3 Å². The van der Waals surface area contributed by atoms with Gasteiger partial charge in [-0.2, -0.15) is 5.10 Å². The summed E-state index contributed by atoms with van der Waals surface area (Å²) in [4.78, 5) is 26.0. The van der Waals surface area contributed by atoms with Gasteiger partial charge in [-0.15, -0.1) is 0 Å². The topological polar surface area (TPSA) is 101 Å². The van der Waals surface area contributed by atoms with Gasteiger partial charge in [0.05, 0.1) is 11.6 Å². The molecule has 3 heterocycles. The molecule has 1 aliphatic carbocycles. The standard InChI is InChI=1S/C17H20N4O4/c1-11-6-18-21(7-11)9-13-5-14(19-25-13)15(22)20-8-12-3-2-4-17(12,10-20)16(23)24/h5-7,12H,2-4,8-10H2,1H3,(H,23,24)/t12-,17+/m0/s1. The van der Waals surface area contributed by atoms with Gasteiger partial charge >= 0.3 is 5.97 Å². The van der Waals surface area contributed by atoms with Crippen molar-refractivity contribution in [2.45, 2.75) is 32.7 Å². The van der Waals surface area contributed by atoms with Crippen molar-refractivity contribution in [3.05, 3.63) is 35.5 Å². The van der Waals surface area contributed by atoms with Crippen molar-refractivity contribution in [2.75, 3.05) is 13.1 Å². The minimum absolute atomic E-state index is 0.0346. The average Bonchev–Trinajstić information content (AvgIpc) is 3.30. The van der Waals surface area contributed by atoms with Gasteiger partial charge in [0, 0.05) is 25.4 Å². The van der Waals surface area contributed by atoms with Crippen molar-refractivity contribution >= 4 is 11.9 Å². The molecule has 0 spiro atoms. The van der Waals surface area contributed by atoms with Crippen molar-refractivity contribution in [1.29, 1.82) is 0 Å². The summed E-state index contributed by atoms with van der Waals surface area (Å²) in [5, 5.41) is 17.7. The van der Waals surface area contributed by atoms with Gasteiger partial charge in [0.2, 0.25) is 0 Å². The third kappa shape index (κ3) is 2.61. The zero-order valence-corrected chi connectivity index (χ0v) is 14.0. The molecule has 2 fully saturated rings. The molecule has 2 aromatic heterocycles. The zero-order chi connectivity index (χ0) is 17.6. The number of carboxylic acids is 1. The van der Waals surface area contributed by atoms with E-state index in [1.165, 1.54) is 0 Å². The predicted molar refractivity (Wildman–Crippen MR) is 85.9 cm³/mol. The Kier molecular flexibility index (Phi) is 3.63. The van der Waals surface area contributed by atoms with Crippen LogP contribution in [0.5, 0.6) is 0 Å². The highest BCUT2D eigenvalue weighted by Crippen LogP contribution is 2.49. The zero-order valence-electron chi connectivity index (χ0n) is 14.0. The van der Waals surface area contributed by atoms with E-state index in [9.17, 15) is 14.7 Å². The number of aliphatic carboxylic acids is 1. The minimum Gasteiger partial charge on any atom is -0.481 e. The Hall–Kier alpha value is -2.64. The van der Waals surface area contributed by atoms with E-state index in [0.29, 0.717) is 25.3 Å². The molecule has 132 valence electrons. The number of carbonyl (C=O) groups is 2. The molecular weight excluding hydrogens is 324 g/mol. The fourth-order valence-corrected chi connectivity index (χ4v) is 4.16. The van der Waals surface area contributed by atoms with Crippen LogP contribution in [-0.4, -0.2) is 49.9 Å². The first-order valence-electron chi connectivity index (χ1n) is 8.45. The summed E-state index contributed by atoms with van der Waals surface area (Å²) < 4.78 is 6.96. The Morgan fingerprint density at radius 2 is 2.32 bits per heavy atom. The summed E-state index contributed by atoms with van der Waals surface area (Å²) in [5.41, 5.74) is 0.479. The van der Waals surface area contributed by atoms with Crippen LogP contribution in [0.1, 0.15) is 41.1 Å². The molecule has 1 saturated heterocycles. The van der Waals surface area contributed by atoms with Gasteiger partial charge in [0.25, 0.3) is 5.91 Å². The molecular formula is C17H20N4O4. The van der Waals surface area contributed by atoms with Gasteiger partial charge in [0.15, 0.2) is 11.5 Å². The van der Waals surface area contributed by atoms with Crippen molar-refractivity contribution in [1.82, 2.24) is 19.8 Å². The number of carboxylic acid groups (broad SMARTS) is 1. The fourth-order valence-electron chi connectivity index (χ4n) is 4.16. The van der Waals surface area contributed by atoms with Crippen LogP contribution in [0.3, 0.4) is 0 Å². The number of hydrogen-bond donors (Lipinski definition) is 1. The quantitative estimate of drug-likeness (QED) is 0.903. The van der Waals surface area contributed by atoms with E-state index in [2.05, 4.69) is 10.3 Å². The van der Waals surface area contributed by atoms with E-state index in [4.69, 9.17) is 4.52 Å². The molecule has 0 radical (unpaired) electrons. The SMILES string of the molecule is Cc1cnn(Cc2cc(C(=O)N3C[C@@H]4CCC[C@@]4(C(=O)O)C3)no2)c1. The van der Waals surface area contributed by atoms with Gasteiger partial charge in [0.1, 0.15) is 6.54 Å². The first kappa shape index (κ1) is 15.9. The molecule has 25 heavy (non-hydrogen) atoms. The maximum absolute atomic E-state index is 12.7. The van der Waals surface area contributed by atoms with E-state index < -0.39 is 11.4 Å². The Morgan fingerprint density at radius 3 is 3.00 bits per heavy atom. The number of aromatic nitrogens is 3. The van der Waals surface area contributed by atoms with Gasteiger partial charge in [-0.3, -0.25) is 14.3 Å². The molecule has 0 bridgehead atoms. The second-order valence-corrected chi connectivity index (χ2v) is 7.13. The van der Waals surface area contributed by atoms with E-state index in [0.717, 1.165) is 18.4 Å². The number of carbonyl (C=O) groups excluding carboxylic acids is 1. The number of hydrogen-bond acceptors (Lipinski definition) is 5. The Bertz CT molecular complexity index is 826. The number of fused-ring (bicyclic) bond motifs is 1. The van der Waals surface area contributed by atoms with Gasteiger partial charge < -0.3 is 14.5 Å². The first-order chi connectivity index (χ1) is 12.0. The normalized spacial score (nSPS) is 25.3. The van der Waals surface area contributed by atoms with Crippen molar-refractivity contribution in [3.63, 3.8) is 0 Å². The second-order valence-electron chi connectivity index (χ2n) is 7.13. The fraction of sp³-hybridized carbons (Fsp3) is 0.529. The van der Waals surface area contributed by atoms with Gasteiger partial charge in [-0.05, 0) is 31.2 Å². The highest BCUT2D eigenvalue weighted by molar-refractivity contribution is 5.93. The molecule has 8 nitrogen and oxygen atoms in total. The lowest BCUT2D eigenvalue weighted by Gasteiger charge is -2.22. The summed E-state index contributed by atoms with van der Waals surface area (Å²) in [5.74, 6) is -0.479. The number of likely N-dealkylation sites (tertiary alicyclic amines) is 1. The van der Waals surface area contributed by atoms with Crippen LogP contribution in [0.2, 0.25) is 0 Å². The van der Waals surface area contributed by atoms with E-state index in [-0.39, 0.29) is 24.1 Å². The van der Waals surface area contributed by atoms with E-state index >= 15 is 0 Å². The largest absolute Gasteiger partial charge is 0.481 e. The smallest absolute Gasteiger partial charge is 0.311 e. The third-order valence-electron chi connectivity index (χ3n) is 5.44. The molecule has 0 unspecified atom stereocenters. The molecule has 4 rings (SSSR count). The van der Waals surface area contributed by atoms with Gasteiger partial charge in [-0.1, -0.05) is 11.6 Å². The molecule has 2 atom stereocenters. The molecule has 1 amide bonds. The molecule has 1 saturated carbocycles. The van der Waals surface area contributed by atoms with E-state index in [1.54, 1.807) is 21.8 Å². The summed E-state index contributed by atoms with van der Waals surface area (Å²) in [6.07, 6.45) is 6.04. The Morgan fingerprint density at radius 1 is 1.48 bits per heavy atom. The first-order valence-corrected chi connectivity index (χ1v) is 8.45. The number of nitrogens with zero attached hydrogens (tertiary/aromatic N) is 4. The summed E-state index contributed by atoms with van der Waals surface area (Å²) in [6, 6.07) is 1.61. The Labute approximate surface area is 144 Å². The minimum atomic E-state index is -0.791. The lowest BCUT2D eigenvalue weighted by molar-refractivity contribution is -0.149. The highest BCUT2D eigenvalue weighted by atomic mass is 16.5. The van der Waals surface area contributed by atoms with Crippen molar-refractivity contribution in [3.8, 4) is 0 Å². The summed E-state index contributed by atoms with van der Waals surface area (Å²) in [7, 11) is 0. The van der Waals surface area contributed by atoms with Crippen LogP contribution in [0.25, 0.3) is 0 Å². The number of aryl methyl sites for hydroxylation is 1. The lowest BCUT2D eigenvalue weighted by Crippen LogP contribution is -2.37. The molecule has 0 aromatic carbocycles. The summed E-state index contributed by atoms with van der Waals surface area (Å²) >= 11 is 0. The summed E-state index contributed by atoms with van der Waals surface area (Å²) in [6.45, 7) is 3.08. The second kappa shape index (κ2) is 5.72. The van der Waals surface area contributed by atoms with Crippen LogP contribution in [0.4, 0.5) is 0 Å². The third-order valence-corrected chi connectivity index (χ3v) is 5.44. The van der Waals surface area contributed by atoms with Crippen molar-refractivity contribution < 1.29 is 19.2 Å². The average molecular weight is 344 g/mol. The molecule has 1 aliphatic heterocycles. The maximum Gasteiger partial charge on any atom is 0.311 e. The molecule has 2 aliphatic rings. The molecule has 8 heteroatoms. The predicted octanol–water partition coefficient (Wildman–Crippen LogP) is 1.55. The maximum atomic E-state index is 12.7. The number of rotatable bonds is 4. The monoisotopic (exact) mass is 344 g/mol. The molecule has 1 N–H and O–H groups in total. The number of amides is 1. The van der Waals surface area contributed by atoms with Crippen LogP contribution in [0, 0.1) is 18.3 Å². The Balaban J connectivity index is 1.48. The van der Waals surface area contributed by atoms with Crippen LogP contribution < -0.4 is 0 Å². The van der Waals surface area contributed by atoms with Crippen molar-refractivity contribution in [2.24, 2.45) is 11.3 Å². The molecule has 2 aromatic rings. The van der Waals surface area contributed by atoms with Crippen LogP contribution in [0.15, 0.2) is 23.0 Å². The lowest BCUT2D eigenvalue weighted by atomic mass is 9.81. The van der Waals surface area contributed by atoms with Crippen LogP contribution >= 0.6 is 0 Å². The highest BCUT2D eigenvalue weighted by Gasteiger charge is 2.56. The van der Waals surface area contributed by atoms with E-state index in [1.807, 2.05) is 13.1 Å².